The number of aryl methyl sites for hydroxylation is 1. The molecule has 116 valence electrons. The molecule has 2 rings (SSSR count). The van der Waals surface area contributed by atoms with Crippen LogP contribution in [0.1, 0.15) is 35.6 Å². The molecule has 0 spiro atoms. The Hall–Kier alpha value is -2.14. The molecule has 1 aromatic heterocycles. The Morgan fingerprint density at radius 3 is 2.45 bits per heavy atom. The van der Waals surface area contributed by atoms with Crippen LogP contribution in [0.25, 0.3) is 5.69 Å². The van der Waals surface area contributed by atoms with Crippen molar-refractivity contribution in [1.29, 1.82) is 0 Å². The monoisotopic (exact) mass is 320 g/mol. The molecule has 1 aromatic carbocycles. The number of aromatic nitrogens is 2. The van der Waals surface area contributed by atoms with E-state index in [1.807, 2.05) is 0 Å². The van der Waals surface area contributed by atoms with Crippen LogP contribution in [0.15, 0.2) is 24.3 Å². The SMILES string of the molecule is CCOC(=O)c1c(C)nn(-c2ccc(Cl)cc2)c1CC(C)=O. The number of ketones is 1. The van der Waals surface area contributed by atoms with E-state index in [-0.39, 0.29) is 18.8 Å². The number of carbonyl (C=O) groups is 2. The third-order valence-corrected chi connectivity index (χ3v) is 3.38. The van der Waals surface area contributed by atoms with Crippen LogP contribution >= 0.6 is 11.6 Å². The molecule has 0 amide bonds. The lowest BCUT2D eigenvalue weighted by molar-refractivity contribution is -0.116. The molecule has 0 aliphatic carbocycles. The Labute approximate surface area is 133 Å². The minimum Gasteiger partial charge on any atom is -0.462 e. The molecule has 0 aliphatic rings. The van der Waals surface area contributed by atoms with E-state index in [0.717, 1.165) is 5.69 Å². The molecule has 0 fully saturated rings. The van der Waals surface area contributed by atoms with Crippen LogP contribution in [0, 0.1) is 6.92 Å². The zero-order valence-corrected chi connectivity index (χ0v) is 13.5. The predicted octanol–water partition coefficient (Wildman–Crippen LogP) is 3.14. The van der Waals surface area contributed by atoms with E-state index in [2.05, 4.69) is 5.10 Å². The lowest BCUT2D eigenvalue weighted by Crippen LogP contribution is -2.13. The highest BCUT2D eigenvalue weighted by Gasteiger charge is 2.24. The maximum absolute atomic E-state index is 12.2. The first kappa shape index (κ1) is 16.2. The van der Waals surface area contributed by atoms with Crippen LogP contribution < -0.4 is 0 Å². The summed E-state index contributed by atoms with van der Waals surface area (Å²) in [6.45, 7) is 5.21. The number of Topliss-reactive ketones (excluding diaryl/α,β-unsaturated/α-hetero) is 1. The van der Waals surface area contributed by atoms with Crippen molar-refractivity contribution in [2.24, 2.45) is 0 Å². The second kappa shape index (κ2) is 6.75. The van der Waals surface area contributed by atoms with Gasteiger partial charge in [0.05, 0.1) is 23.7 Å². The van der Waals surface area contributed by atoms with Crippen LogP contribution in [0.3, 0.4) is 0 Å². The average Bonchev–Trinajstić information content (AvgIpc) is 2.76. The zero-order chi connectivity index (χ0) is 16.3. The van der Waals surface area contributed by atoms with Gasteiger partial charge in [0, 0.05) is 11.4 Å². The van der Waals surface area contributed by atoms with Crippen molar-refractivity contribution in [2.45, 2.75) is 27.2 Å². The highest BCUT2D eigenvalue weighted by atomic mass is 35.5. The molecule has 6 heteroatoms. The van der Waals surface area contributed by atoms with Gasteiger partial charge in [0.15, 0.2) is 0 Å². The molecule has 0 N–H and O–H groups in total. The molecule has 0 aliphatic heterocycles. The lowest BCUT2D eigenvalue weighted by Gasteiger charge is -2.08. The quantitative estimate of drug-likeness (QED) is 0.794. The van der Waals surface area contributed by atoms with Crippen molar-refractivity contribution in [3.8, 4) is 5.69 Å². The van der Waals surface area contributed by atoms with E-state index in [4.69, 9.17) is 16.3 Å². The molecule has 0 unspecified atom stereocenters. The summed E-state index contributed by atoms with van der Waals surface area (Å²) >= 11 is 5.89. The molecular weight excluding hydrogens is 304 g/mol. The van der Waals surface area contributed by atoms with Crippen molar-refractivity contribution >= 4 is 23.4 Å². The highest BCUT2D eigenvalue weighted by molar-refractivity contribution is 6.30. The summed E-state index contributed by atoms with van der Waals surface area (Å²) in [5, 5.41) is 4.99. The largest absolute Gasteiger partial charge is 0.462 e. The number of esters is 1. The first-order valence-electron chi connectivity index (χ1n) is 6.95. The number of hydrogen-bond acceptors (Lipinski definition) is 4. The van der Waals surface area contributed by atoms with E-state index in [0.29, 0.717) is 22.0 Å². The molecule has 0 saturated heterocycles. The third kappa shape index (κ3) is 3.36. The van der Waals surface area contributed by atoms with E-state index in [1.165, 1.54) is 6.92 Å². The second-order valence-electron chi connectivity index (χ2n) is 4.89. The maximum atomic E-state index is 12.2. The highest BCUT2D eigenvalue weighted by Crippen LogP contribution is 2.22. The molecular formula is C16H17ClN2O3. The number of benzene rings is 1. The molecule has 22 heavy (non-hydrogen) atoms. The van der Waals surface area contributed by atoms with Gasteiger partial charge in [-0.2, -0.15) is 5.10 Å². The van der Waals surface area contributed by atoms with Gasteiger partial charge in [-0.1, -0.05) is 11.6 Å². The molecule has 2 aromatic rings. The van der Waals surface area contributed by atoms with Gasteiger partial charge in [0.1, 0.15) is 11.3 Å². The van der Waals surface area contributed by atoms with Crippen molar-refractivity contribution < 1.29 is 14.3 Å². The Morgan fingerprint density at radius 1 is 1.27 bits per heavy atom. The molecule has 5 nitrogen and oxygen atoms in total. The number of nitrogens with zero attached hydrogens (tertiary/aromatic N) is 2. The number of carbonyl (C=O) groups excluding carboxylic acids is 2. The number of ether oxygens (including phenoxy) is 1. The van der Waals surface area contributed by atoms with Crippen LogP contribution in [-0.2, 0) is 16.0 Å². The summed E-state index contributed by atoms with van der Waals surface area (Å²) in [5.41, 5.74) is 2.15. The fourth-order valence-electron chi connectivity index (χ4n) is 2.24. The molecule has 1 heterocycles. The molecule has 0 bridgehead atoms. The second-order valence-corrected chi connectivity index (χ2v) is 5.33. The first-order valence-corrected chi connectivity index (χ1v) is 7.32. The number of hydrogen-bond donors (Lipinski definition) is 0. The van der Waals surface area contributed by atoms with Gasteiger partial charge in [0.25, 0.3) is 0 Å². The van der Waals surface area contributed by atoms with Gasteiger partial charge >= 0.3 is 5.97 Å². The van der Waals surface area contributed by atoms with Crippen LogP contribution in [0.4, 0.5) is 0 Å². The van der Waals surface area contributed by atoms with Gasteiger partial charge in [0.2, 0.25) is 0 Å². The molecule has 0 atom stereocenters. The number of rotatable bonds is 5. The molecule has 0 saturated carbocycles. The fourth-order valence-corrected chi connectivity index (χ4v) is 2.36. The Morgan fingerprint density at radius 2 is 1.91 bits per heavy atom. The minimum absolute atomic E-state index is 0.0549. The van der Waals surface area contributed by atoms with Gasteiger partial charge in [-0.05, 0) is 45.0 Å². The summed E-state index contributed by atoms with van der Waals surface area (Å²) in [4.78, 5) is 23.7. The van der Waals surface area contributed by atoms with Crippen molar-refractivity contribution in [1.82, 2.24) is 9.78 Å². The molecule has 0 radical (unpaired) electrons. The van der Waals surface area contributed by atoms with Crippen molar-refractivity contribution in [2.75, 3.05) is 6.61 Å². The van der Waals surface area contributed by atoms with E-state index in [9.17, 15) is 9.59 Å². The van der Waals surface area contributed by atoms with Gasteiger partial charge in [-0.3, -0.25) is 4.79 Å². The van der Waals surface area contributed by atoms with Gasteiger partial charge in [-0.15, -0.1) is 0 Å². The smallest absolute Gasteiger partial charge is 0.341 e. The van der Waals surface area contributed by atoms with Gasteiger partial charge < -0.3 is 4.74 Å². The maximum Gasteiger partial charge on any atom is 0.341 e. The third-order valence-electron chi connectivity index (χ3n) is 3.12. The summed E-state index contributed by atoms with van der Waals surface area (Å²) in [5.74, 6) is -0.517. The zero-order valence-electron chi connectivity index (χ0n) is 12.7. The van der Waals surface area contributed by atoms with Crippen molar-refractivity contribution in [3.63, 3.8) is 0 Å². The van der Waals surface area contributed by atoms with Crippen LogP contribution in [-0.4, -0.2) is 28.1 Å². The average molecular weight is 321 g/mol. The minimum atomic E-state index is -0.462. The van der Waals surface area contributed by atoms with Crippen molar-refractivity contribution in [3.05, 3.63) is 46.2 Å². The lowest BCUT2D eigenvalue weighted by atomic mass is 10.1. The predicted molar refractivity (Wildman–Crippen MR) is 83.7 cm³/mol. The first-order chi connectivity index (χ1) is 10.4. The normalized spacial score (nSPS) is 10.5. The topological polar surface area (TPSA) is 61.2 Å². The summed E-state index contributed by atoms with van der Waals surface area (Å²) < 4.78 is 6.67. The summed E-state index contributed by atoms with van der Waals surface area (Å²) in [6.07, 6.45) is 0.109. The van der Waals surface area contributed by atoms with Crippen LogP contribution in [0.2, 0.25) is 5.02 Å². The number of halogens is 1. The van der Waals surface area contributed by atoms with E-state index in [1.54, 1.807) is 42.8 Å². The van der Waals surface area contributed by atoms with Gasteiger partial charge in [-0.25, -0.2) is 9.48 Å². The van der Waals surface area contributed by atoms with Crippen LogP contribution in [0.5, 0.6) is 0 Å². The standard InChI is InChI=1S/C16H17ClN2O3/c1-4-22-16(21)15-11(3)18-19(14(15)9-10(2)20)13-7-5-12(17)6-8-13/h5-8H,4,9H2,1-3H3. The van der Waals surface area contributed by atoms with E-state index >= 15 is 0 Å². The Balaban J connectivity index is 2.58. The summed E-state index contributed by atoms with van der Waals surface area (Å²) in [7, 11) is 0. The fraction of sp³-hybridized carbons (Fsp3) is 0.312. The Kier molecular flexibility index (Phi) is 4.98. The summed E-state index contributed by atoms with van der Waals surface area (Å²) in [6, 6.07) is 7.03. The Bertz CT molecular complexity index is 705. The van der Waals surface area contributed by atoms with E-state index < -0.39 is 5.97 Å².